The van der Waals surface area contributed by atoms with E-state index in [0.29, 0.717) is 0 Å². The van der Waals surface area contributed by atoms with E-state index in [0.717, 1.165) is 0 Å². The molecule has 29 heavy (non-hydrogen) atoms. The second kappa shape index (κ2) is 9.62. The highest BCUT2D eigenvalue weighted by atomic mass is 35.5. The number of benzene rings is 2. The number of rotatable bonds is 4. The average Bonchev–Trinajstić information content (AvgIpc) is 2.69. The monoisotopic (exact) mass is 413 g/mol. The lowest BCUT2D eigenvalue weighted by Crippen LogP contribution is -3.00. The molecule has 4 heteroatoms. The van der Waals surface area contributed by atoms with Crippen LogP contribution in [0.2, 0.25) is 0 Å². The molecular formula is C25H30ClN3. The van der Waals surface area contributed by atoms with Gasteiger partial charge in [0.15, 0.2) is 5.71 Å². The van der Waals surface area contributed by atoms with Gasteiger partial charge in [0.1, 0.15) is 14.1 Å². The third kappa shape index (κ3) is 5.18. The van der Waals surface area contributed by atoms with E-state index in [1.807, 2.05) is 0 Å². The Morgan fingerprint density at radius 1 is 0.621 bits per heavy atom. The fourth-order valence-electron chi connectivity index (χ4n) is 3.28. The molecule has 2 aromatic carbocycles. The minimum absolute atomic E-state index is 0. The lowest BCUT2D eigenvalue weighted by molar-refractivity contribution is -0.462. The van der Waals surface area contributed by atoms with Gasteiger partial charge in [-0.2, -0.15) is 0 Å². The van der Waals surface area contributed by atoms with Crippen molar-refractivity contribution in [2.24, 2.45) is 0 Å². The summed E-state index contributed by atoms with van der Waals surface area (Å²) in [5.74, 6) is 0. The fourth-order valence-corrected chi connectivity index (χ4v) is 3.28. The quantitative estimate of drug-likeness (QED) is 0.554. The number of hydrogen-bond donors (Lipinski definition) is 0. The number of halogens is 1. The Bertz CT molecular complexity index is 885. The number of nitrogens with zero attached hydrogens (tertiary/aromatic N) is 3. The molecule has 0 heterocycles. The summed E-state index contributed by atoms with van der Waals surface area (Å²) in [4.78, 5) is 4.25. The summed E-state index contributed by atoms with van der Waals surface area (Å²) in [5, 5.41) is 0. The zero-order valence-corrected chi connectivity index (χ0v) is 18.9. The summed E-state index contributed by atoms with van der Waals surface area (Å²) in [6, 6.07) is 17.6. The molecule has 1 aliphatic rings. The Morgan fingerprint density at radius 3 is 1.31 bits per heavy atom. The van der Waals surface area contributed by atoms with E-state index in [-0.39, 0.29) is 12.4 Å². The maximum Gasteiger partial charge on any atom is 0.199 e. The zero-order chi connectivity index (χ0) is 20.3. The summed E-state index contributed by atoms with van der Waals surface area (Å²) in [6.07, 6.45) is 8.78. The van der Waals surface area contributed by atoms with Gasteiger partial charge in [-0.25, -0.2) is 4.58 Å². The Morgan fingerprint density at radius 2 is 1.00 bits per heavy atom. The van der Waals surface area contributed by atoms with Gasteiger partial charge in [-0.15, -0.1) is 0 Å². The summed E-state index contributed by atoms with van der Waals surface area (Å²) < 4.78 is 2.13. The van der Waals surface area contributed by atoms with Crippen molar-refractivity contribution in [1.82, 2.24) is 0 Å². The van der Waals surface area contributed by atoms with Crippen LogP contribution in [-0.4, -0.2) is 52.6 Å². The Labute approximate surface area is 181 Å². The van der Waals surface area contributed by atoms with Gasteiger partial charge < -0.3 is 22.2 Å². The second-order valence-corrected chi connectivity index (χ2v) is 7.70. The Balaban J connectivity index is 0.00000300. The molecule has 0 bridgehead atoms. The highest BCUT2D eigenvalue weighted by Crippen LogP contribution is 2.31. The molecule has 3 nitrogen and oxygen atoms in total. The maximum atomic E-state index is 2.21. The largest absolute Gasteiger partial charge is 1.00 e. The van der Waals surface area contributed by atoms with E-state index >= 15 is 0 Å². The van der Waals surface area contributed by atoms with Crippen molar-refractivity contribution in [1.29, 1.82) is 0 Å². The van der Waals surface area contributed by atoms with Crippen LogP contribution in [0.1, 0.15) is 11.1 Å². The maximum absolute atomic E-state index is 2.21. The lowest BCUT2D eigenvalue weighted by Gasteiger charge is -2.18. The van der Waals surface area contributed by atoms with Crippen LogP contribution in [-0.2, 0) is 0 Å². The van der Waals surface area contributed by atoms with Crippen LogP contribution in [0.5, 0.6) is 0 Å². The Kier molecular flexibility index (Phi) is 7.46. The Hall–Kier alpha value is -2.78. The van der Waals surface area contributed by atoms with Crippen LogP contribution in [0.25, 0.3) is 5.57 Å². The highest BCUT2D eigenvalue weighted by molar-refractivity contribution is 6.04. The van der Waals surface area contributed by atoms with E-state index < -0.39 is 0 Å². The average molecular weight is 414 g/mol. The van der Waals surface area contributed by atoms with Gasteiger partial charge in [0, 0.05) is 51.7 Å². The van der Waals surface area contributed by atoms with Crippen molar-refractivity contribution in [2.45, 2.75) is 0 Å². The van der Waals surface area contributed by atoms with Gasteiger partial charge in [-0.05, 0) is 58.7 Å². The normalized spacial score (nSPS) is 12.5. The molecule has 0 spiro atoms. The molecule has 0 atom stereocenters. The van der Waals surface area contributed by atoms with Crippen LogP contribution >= 0.6 is 0 Å². The first-order valence-corrected chi connectivity index (χ1v) is 9.57. The molecule has 2 aromatic rings. The van der Waals surface area contributed by atoms with E-state index in [1.54, 1.807) is 0 Å². The number of anilines is 2. The van der Waals surface area contributed by atoms with Crippen LogP contribution in [0.3, 0.4) is 0 Å². The van der Waals surface area contributed by atoms with Crippen molar-refractivity contribution < 1.29 is 17.0 Å². The second-order valence-electron chi connectivity index (χ2n) is 7.70. The number of allylic oxidation sites excluding steroid dienone is 5. The van der Waals surface area contributed by atoms with E-state index in [4.69, 9.17) is 0 Å². The highest BCUT2D eigenvalue weighted by Gasteiger charge is 2.13. The summed E-state index contributed by atoms with van der Waals surface area (Å²) in [5.41, 5.74) is 8.53. The number of hydrogen-bond acceptors (Lipinski definition) is 2. The summed E-state index contributed by atoms with van der Waals surface area (Å²) in [7, 11) is 12.4. The predicted molar refractivity (Wildman–Crippen MR) is 123 cm³/mol. The topological polar surface area (TPSA) is 9.49 Å². The molecule has 0 amide bonds. The van der Waals surface area contributed by atoms with Crippen molar-refractivity contribution in [3.8, 4) is 0 Å². The van der Waals surface area contributed by atoms with Gasteiger partial charge in [0.05, 0.1) is 0 Å². The van der Waals surface area contributed by atoms with Crippen LogP contribution in [0.15, 0.2) is 78.4 Å². The predicted octanol–water partition coefficient (Wildman–Crippen LogP) is 1.46. The van der Waals surface area contributed by atoms with Crippen LogP contribution < -0.4 is 22.2 Å². The van der Waals surface area contributed by atoms with E-state index in [2.05, 4.69) is 129 Å². The van der Waals surface area contributed by atoms with Gasteiger partial charge in [0.25, 0.3) is 0 Å². The lowest BCUT2D eigenvalue weighted by atomic mass is 10.00. The SMILES string of the molecule is CN(C)c1ccc(C(c2ccc(N(C)C)cc2)=[13C]2[13CH]=[13CH][13C](=[N+](C)C)[13CH]=[13CH]2)cc1.[Cl-]. The molecule has 0 fully saturated rings. The van der Waals surface area contributed by atoms with Crippen molar-refractivity contribution in [2.75, 3.05) is 52.1 Å². The molecule has 3 rings (SSSR count). The van der Waals surface area contributed by atoms with Gasteiger partial charge in [0.2, 0.25) is 0 Å². The van der Waals surface area contributed by atoms with Crippen molar-refractivity contribution >= 4 is 22.7 Å². The molecule has 0 unspecified atom stereocenters. The smallest absolute Gasteiger partial charge is 0.199 e. The minimum atomic E-state index is 0. The first-order valence-electron chi connectivity index (χ1n) is 9.57. The molecule has 0 saturated heterocycles. The van der Waals surface area contributed by atoms with Gasteiger partial charge in [-0.1, -0.05) is 24.3 Å². The van der Waals surface area contributed by atoms with Gasteiger partial charge in [-0.3, -0.25) is 0 Å². The molecule has 152 valence electrons. The summed E-state index contributed by atoms with van der Waals surface area (Å²) in [6.45, 7) is 0. The van der Waals surface area contributed by atoms with Crippen molar-refractivity contribution in [3.63, 3.8) is 0 Å². The van der Waals surface area contributed by atoms with Gasteiger partial charge >= 0.3 is 0 Å². The van der Waals surface area contributed by atoms with Crippen molar-refractivity contribution in [3.05, 3.63) is 89.5 Å². The molecule has 0 N–H and O–H groups in total. The molecule has 0 radical (unpaired) electrons. The third-order valence-electron chi connectivity index (χ3n) is 5.02. The third-order valence-corrected chi connectivity index (χ3v) is 5.02. The summed E-state index contributed by atoms with van der Waals surface area (Å²) >= 11 is 0. The standard InChI is InChI=1S/C25H30N3.ClH/c1-26(2)22-13-7-19(8-14-22)25(20-9-15-23(16-10-20)27(3)4)21-11-17-24(18-12-21)28(5)6;/h7-18H,1-6H3;1H/q+1;/p-1/i7+1,8+1,13+1,14+1,19+1,22+1;. The first-order chi connectivity index (χ1) is 13.4. The van der Waals surface area contributed by atoms with Crippen LogP contribution in [0, 0.1) is 0 Å². The minimum Gasteiger partial charge on any atom is -1.00 e. The van der Waals surface area contributed by atoms with Crippen LogP contribution in [0.4, 0.5) is 11.4 Å². The fraction of sp³-hybridized carbons (Fsp3) is 0.240. The van der Waals surface area contributed by atoms with E-state index in [9.17, 15) is 0 Å². The van der Waals surface area contributed by atoms with E-state index in [1.165, 1.54) is 39.4 Å². The first kappa shape index (κ1) is 22.5. The molecule has 0 aromatic heterocycles. The molecule has 1 aliphatic carbocycles. The molecule has 0 saturated carbocycles. The molecular weight excluding hydrogens is 384 g/mol. The zero-order valence-electron chi connectivity index (χ0n) is 18.1. The molecule has 0 aliphatic heterocycles.